The topological polar surface area (TPSA) is 23.5 Å². The number of aliphatic hydroxyl groups excluding tert-OH is 1. The van der Waals surface area contributed by atoms with Crippen molar-refractivity contribution in [2.24, 2.45) is 0 Å². The molecule has 11 heavy (non-hydrogen) atoms. The standard InChI is InChI=1S/C8H17N2O/c1-9-4-3-5-10(2,8-9)6-7-11/h3,5,11H,4,6-8H2,1-2H3/q+1. The molecule has 0 saturated carbocycles. The third kappa shape index (κ3) is 2.29. The zero-order valence-corrected chi connectivity index (χ0v) is 7.32. The molecule has 64 valence electrons. The maximum atomic E-state index is 8.80. The van der Waals surface area contributed by atoms with Crippen LogP contribution < -0.4 is 0 Å². The van der Waals surface area contributed by atoms with Gasteiger partial charge in [-0.1, -0.05) is 0 Å². The molecule has 0 saturated heterocycles. The van der Waals surface area contributed by atoms with Crippen LogP contribution in [0.15, 0.2) is 12.3 Å². The van der Waals surface area contributed by atoms with E-state index in [1.807, 2.05) is 0 Å². The summed E-state index contributed by atoms with van der Waals surface area (Å²) in [5, 5.41) is 8.80. The van der Waals surface area contributed by atoms with E-state index < -0.39 is 0 Å². The summed E-state index contributed by atoms with van der Waals surface area (Å²) in [6, 6.07) is 0. The second-order valence-corrected chi connectivity index (χ2v) is 3.49. The predicted molar refractivity (Wildman–Crippen MR) is 44.8 cm³/mol. The molecule has 3 nitrogen and oxygen atoms in total. The van der Waals surface area contributed by atoms with Gasteiger partial charge in [-0.2, -0.15) is 0 Å². The van der Waals surface area contributed by atoms with E-state index in [0.29, 0.717) is 0 Å². The van der Waals surface area contributed by atoms with Crippen LogP contribution in [0.25, 0.3) is 0 Å². The van der Waals surface area contributed by atoms with Gasteiger partial charge >= 0.3 is 0 Å². The lowest BCUT2D eigenvalue weighted by atomic mass is 10.3. The molecule has 1 aliphatic rings. The van der Waals surface area contributed by atoms with Crippen LogP contribution in [0.2, 0.25) is 0 Å². The van der Waals surface area contributed by atoms with E-state index in [9.17, 15) is 0 Å². The predicted octanol–water partition coefficient (Wildman–Crippen LogP) is -0.158. The summed E-state index contributed by atoms with van der Waals surface area (Å²) in [5.41, 5.74) is 0. The van der Waals surface area contributed by atoms with Crippen molar-refractivity contribution in [1.29, 1.82) is 0 Å². The molecule has 1 unspecified atom stereocenters. The highest BCUT2D eigenvalue weighted by Crippen LogP contribution is 2.09. The quantitative estimate of drug-likeness (QED) is 0.563. The monoisotopic (exact) mass is 157 g/mol. The van der Waals surface area contributed by atoms with E-state index in [1.54, 1.807) is 0 Å². The van der Waals surface area contributed by atoms with Crippen LogP contribution in [-0.2, 0) is 0 Å². The Bertz CT molecular complexity index is 158. The first-order valence-corrected chi connectivity index (χ1v) is 3.98. The molecule has 1 rings (SSSR count). The fourth-order valence-corrected chi connectivity index (χ4v) is 1.51. The van der Waals surface area contributed by atoms with Crippen LogP contribution in [-0.4, -0.2) is 54.9 Å². The van der Waals surface area contributed by atoms with E-state index in [0.717, 1.165) is 24.2 Å². The van der Waals surface area contributed by atoms with Gasteiger partial charge in [0.25, 0.3) is 0 Å². The van der Waals surface area contributed by atoms with Crippen molar-refractivity contribution >= 4 is 0 Å². The molecule has 0 amide bonds. The minimum Gasteiger partial charge on any atom is -0.390 e. The Morgan fingerprint density at radius 3 is 2.91 bits per heavy atom. The number of hydrogen-bond donors (Lipinski definition) is 1. The SMILES string of the molecule is CN1CC=C[N+](C)(CCO)C1. The first-order valence-electron chi connectivity index (χ1n) is 3.98. The van der Waals surface area contributed by atoms with Gasteiger partial charge in [0.05, 0.1) is 19.9 Å². The molecule has 1 heterocycles. The van der Waals surface area contributed by atoms with Crippen molar-refractivity contribution in [3.8, 4) is 0 Å². The lowest BCUT2D eigenvalue weighted by Crippen LogP contribution is -2.50. The Kier molecular flexibility index (Phi) is 2.65. The van der Waals surface area contributed by atoms with Gasteiger partial charge in [0, 0.05) is 6.54 Å². The number of hydrogen-bond acceptors (Lipinski definition) is 2. The fraction of sp³-hybridized carbons (Fsp3) is 0.750. The number of rotatable bonds is 2. The van der Waals surface area contributed by atoms with Gasteiger partial charge in [-0.05, 0) is 13.1 Å². The van der Waals surface area contributed by atoms with Crippen LogP contribution >= 0.6 is 0 Å². The highest BCUT2D eigenvalue weighted by atomic mass is 16.3. The zero-order valence-electron chi connectivity index (χ0n) is 7.32. The average molecular weight is 157 g/mol. The van der Waals surface area contributed by atoms with E-state index in [1.165, 1.54) is 0 Å². The summed E-state index contributed by atoms with van der Waals surface area (Å²) in [6.07, 6.45) is 4.31. The summed E-state index contributed by atoms with van der Waals surface area (Å²) in [4.78, 5) is 2.25. The van der Waals surface area contributed by atoms with Gasteiger partial charge in [-0.3, -0.25) is 9.38 Å². The summed E-state index contributed by atoms with van der Waals surface area (Å²) in [6.45, 7) is 3.09. The molecule has 0 spiro atoms. The summed E-state index contributed by atoms with van der Waals surface area (Å²) in [5.74, 6) is 0. The first-order chi connectivity index (χ1) is 5.16. The van der Waals surface area contributed by atoms with Gasteiger partial charge < -0.3 is 5.11 Å². The normalized spacial score (nSPS) is 32.6. The molecule has 1 aliphatic heterocycles. The molecule has 0 fully saturated rings. The molecule has 0 aliphatic carbocycles. The maximum absolute atomic E-state index is 8.80. The highest BCUT2D eigenvalue weighted by Gasteiger charge is 2.22. The number of aliphatic hydroxyl groups is 1. The van der Waals surface area contributed by atoms with Crippen molar-refractivity contribution in [2.75, 3.05) is 40.5 Å². The van der Waals surface area contributed by atoms with Gasteiger partial charge in [0.2, 0.25) is 0 Å². The Hall–Kier alpha value is -0.380. The first kappa shape index (κ1) is 8.71. The maximum Gasteiger partial charge on any atom is 0.139 e. The number of nitrogens with zero attached hydrogens (tertiary/aromatic N) is 2. The van der Waals surface area contributed by atoms with Gasteiger partial charge in [-0.15, -0.1) is 0 Å². The molecule has 0 aromatic heterocycles. The fourth-order valence-electron chi connectivity index (χ4n) is 1.51. The minimum absolute atomic E-state index is 0.259. The van der Waals surface area contributed by atoms with Crippen molar-refractivity contribution in [2.45, 2.75) is 0 Å². The Morgan fingerprint density at radius 1 is 1.64 bits per heavy atom. The summed E-state index contributed by atoms with van der Waals surface area (Å²) < 4.78 is 0.826. The van der Waals surface area contributed by atoms with Crippen molar-refractivity contribution in [3.05, 3.63) is 12.3 Å². The van der Waals surface area contributed by atoms with Gasteiger partial charge in [0.15, 0.2) is 0 Å². The lowest BCUT2D eigenvalue weighted by molar-refractivity contribution is -0.872. The Balaban J connectivity index is 2.55. The van der Waals surface area contributed by atoms with E-state index in [4.69, 9.17) is 5.11 Å². The summed E-state index contributed by atoms with van der Waals surface area (Å²) >= 11 is 0. The third-order valence-corrected chi connectivity index (χ3v) is 2.06. The molecular formula is C8H17N2O+. The van der Waals surface area contributed by atoms with Crippen molar-refractivity contribution < 1.29 is 9.59 Å². The molecule has 0 radical (unpaired) electrons. The van der Waals surface area contributed by atoms with E-state index >= 15 is 0 Å². The average Bonchev–Trinajstić information content (AvgIpc) is 1.86. The lowest BCUT2D eigenvalue weighted by Gasteiger charge is -2.36. The van der Waals surface area contributed by atoms with Crippen LogP contribution in [0.1, 0.15) is 0 Å². The smallest absolute Gasteiger partial charge is 0.139 e. The van der Waals surface area contributed by atoms with Crippen LogP contribution in [0.3, 0.4) is 0 Å². The van der Waals surface area contributed by atoms with Gasteiger partial charge in [0.1, 0.15) is 13.2 Å². The highest BCUT2D eigenvalue weighted by molar-refractivity contribution is 4.81. The van der Waals surface area contributed by atoms with E-state index in [-0.39, 0.29) is 6.61 Å². The molecule has 1 atom stereocenters. The van der Waals surface area contributed by atoms with Crippen molar-refractivity contribution in [1.82, 2.24) is 4.90 Å². The van der Waals surface area contributed by atoms with Crippen LogP contribution in [0.4, 0.5) is 0 Å². The molecule has 3 heteroatoms. The van der Waals surface area contributed by atoms with Crippen LogP contribution in [0, 0.1) is 0 Å². The second kappa shape index (κ2) is 3.34. The van der Waals surface area contributed by atoms with Crippen LogP contribution in [0.5, 0.6) is 0 Å². The minimum atomic E-state index is 0.259. The number of quaternary nitrogens is 1. The number of likely N-dealkylation sites (N-methyl/N-ethyl adjacent to an activating group) is 2. The Labute approximate surface area is 68.1 Å². The largest absolute Gasteiger partial charge is 0.390 e. The molecule has 0 bridgehead atoms. The van der Waals surface area contributed by atoms with E-state index in [2.05, 4.69) is 31.3 Å². The molecular weight excluding hydrogens is 140 g/mol. The molecule has 0 aromatic carbocycles. The van der Waals surface area contributed by atoms with Gasteiger partial charge in [-0.25, -0.2) is 0 Å². The third-order valence-electron chi connectivity index (χ3n) is 2.06. The Morgan fingerprint density at radius 2 is 2.36 bits per heavy atom. The summed E-state index contributed by atoms with van der Waals surface area (Å²) in [7, 11) is 4.22. The second-order valence-electron chi connectivity index (χ2n) is 3.49. The molecule has 1 N–H and O–H groups in total. The zero-order chi connectivity index (χ0) is 8.32. The van der Waals surface area contributed by atoms with Crippen molar-refractivity contribution in [3.63, 3.8) is 0 Å². The molecule has 0 aromatic rings.